The van der Waals surface area contributed by atoms with E-state index in [1.54, 1.807) is 13.2 Å². The van der Waals surface area contributed by atoms with Crippen molar-refractivity contribution in [3.63, 3.8) is 0 Å². The van der Waals surface area contributed by atoms with E-state index in [1.165, 1.54) is 0 Å². The molecule has 0 radical (unpaired) electrons. The van der Waals surface area contributed by atoms with Crippen LogP contribution >= 0.6 is 31.9 Å². The second-order valence-electron chi connectivity index (χ2n) is 3.92. The molecule has 2 aromatic rings. The van der Waals surface area contributed by atoms with Crippen LogP contribution in [0, 0.1) is 6.92 Å². The van der Waals surface area contributed by atoms with Gasteiger partial charge in [-0.25, -0.2) is 0 Å². The van der Waals surface area contributed by atoms with Crippen molar-refractivity contribution in [2.24, 2.45) is 0 Å². The zero-order valence-electron chi connectivity index (χ0n) is 9.91. The van der Waals surface area contributed by atoms with Crippen LogP contribution in [0.15, 0.2) is 37.8 Å². The summed E-state index contributed by atoms with van der Waals surface area (Å²) in [6, 6.07) is 7.38. The number of aliphatic hydroxyl groups is 1. The zero-order chi connectivity index (χ0) is 13.3. The van der Waals surface area contributed by atoms with E-state index < -0.39 is 6.10 Å². The minimum atomic E-state index is -0.859. The topological polar surface area (TPSA) is 42.6 Å². The summed E-state index contributed by atoms with van der Waals surface area (Å²) in [5.41, 5.74) is 1.74. The molecule has 1 unspecified atom stereocenters. The van der Waals surface area contributed by atoms with Crippen molar-refractivity contribution in [3.05, 3.63) is 50.3 Å². The van der Waals surface area contributed by atoms with Crippen LogP contribution < -0.4 is 4.74 Å². The molecule has 18 heavy (non-hydrogen) atoms. The Bertz CT molecular complexity index is 544. The van der Waals surface area contributed by atoms with E-state index in [0.717, 1.165) is 10.0 Å². The average Bonchev–Trinajstić information content (AvgIpc) is 2.68. The molecule has 1 N–H and O–H groups in total. The van der Waals surface area contributed by atoms with Gasteiger partial charge in [-0.3, -0.25) is 0 Å². The van der Waals surface area contributed by atoms with Crippen LogP contribution in [0.5, 0.6) is 5.75 Å². The normalized spacial score (nSPS) is 12.5. The van der Waals surface area contributed by atoms with Gasteiger partial charge in [-0.2, -0.15) is 0 Å². The first-order chi connectivity index (χ1) is 8.52. The summed E-state index contributed by atoms with van der Waals surface area (Å²) in [5, 5.41) is 10.4. The van der Waals surface area contributed by atoms with E-state index in [-0.39, 0.29) is 0 Å². The molecule has 3 nitrogen and oxygen atoms in total. The molecule has 0 amide bonds. The minimum Gasteiger partial charge on any atom is -0.496 e. The summed E-state index contributed by atoms with van der Waals surface area (Å²) < 4.78 is 12.0. The van der Waals surface area contributed by atoms with Gasteiger partial charge in [-0.05, 0) is 57.0 Å². The Morgan fingerprint density at radius 1 is 1.28 bits per heavy atom. The first kappa shape index (κ1) is 13.6. The summed E-state index contributed by atoms with van der Waals surface area (Å²) in [5.74, 6) is 1.09. The molecular weight excluding hydrogens is 364 g/mol. The number of ether oxygens (including phenoxy) is 1. The van der Waals surface area contributed by atoms with Gasteiger partial charge < -0.3 is 14.3 Å². The van der Waals surface area contributed by atoms with Gasteiger partial charge in [-0.1, -0.05) is 11.6 Å². The quantitative estimate of drug-likeness (QED) is 0.873. The Balaban J connectivity index is 2.44. The third-order valence-electron chi connectivity index (χ3n) is 2.61. The maximum atomic E-state index is 10.4. The molecular formula is C13H12Br2O3. The fraction of sp³-hybridized carbons (Fsp3) is 0.231. The third kappa shape index (κ3) is 2.63. The molecule has 1 atom stereocenters. The molecule has 0 bridgehead atoms. The second kappa shape index (κ2) is 5.47. The first-order valence-electron chi connectivity index (χ1n) is 5.30. The Morgan fingerprint density at radius 2 is 2.00 bits per heavy atom. The Kier molecular flexibility index (Phi) is 4.14. The number of furan rings is 1. The number of hydrogen-bond donors (Lipinski definition) is 1. The summed E-state index contributed by atoms with van der Waals surface area (Å²) in [6.45, 7) is 1.96. The van der Waals surface area contributed by atoms with E-state index in [1.807, 2.05) is 25.1 Å². The lowest BCUT2D eigenvalue weighted by atomic mass is 10.0. The van der Waals surface area contributed by atoms with Crippen LogP contribution in [0.2, 0.25) is 0 Å². The number of hydrogen-bond acceptors (Lipinski definition) is 3. The highest BCUT2D eigenvalue weighted by Crippen LogP contribution is 2.35. The number of halogens is 2. The molecule has 0 spiro atoms. The molecule has 0 aliphatic rings. The fourth-order valence-corrected chi connectivity index (χ4v) is 2.33. The zero-order valence-corrected chi connectivity index (χ0v) is 13.1. The van der Waals surface area contributed by atoms with Crippen molar-refractivity contribution >= 4 is 31.9 Å². The average molecular weight is 376 g/mol. The lowest BCUT2D eigenvalue weighted by Gasteiger charge is -2.13. The van der Waals surface area contributed by atoms with Gasteiger partial charge in [0.1, 0.15) is 17.6 Å². The molecule has 0 saturated heterocycles. The van der Waals surface area contributed by atoms with Crippen LogP contribution in [0.4, 0.5) is 0 Å². The van der Waals surface area contributed by atoms with E-state index in [2.05, 4.69) is 31.9 Å². The summed E-state index contributed by atoms with van der Waals surface area (Å²) >= 11 is 6.58. The smallest absolute Gasteiger partial charge is 0.183 e. The van der Waals surface area contributed by atoms with Crippen molar-refractivity contribution in [1.29, 1.82) is 0 Å². The van der Waals surface area contributed by atoms with Gasteiger partial charge in [-0.15, -0.1) is 0 Å². The van der Waals surface area contributed by atoms with Gasteiger partial charge in [0.05, 0.1) is 11.6 Å². The van der Waals surface area contributed by atoms with Gasteiger partial charge in [0.15, 0.2) is 4.67 Å². The lowest BCUT2D eigenvalue weighted by Crippen LogP contribution is -2.01. The van der Waals surface area contributed by atoms with E-state index in [0.29, 0.717) is 21.7 Å². The standard InChI is InChI=1S/C13H12Br2O3/c1-7-3-4-10(17-2)8(5-7)12(16)11-6-9(14)13(15)18-11/h3-6,12,16H,1-2H3. The predicted octanol–water partition coefficient (Wildman–Crippen LogP) is 4.20. The second-order valence-corrected chi connectivity index (χ2v) is 5.49. The Labute approximate surface area is 122 Å². The van der Waals surface area contributed by atoms with Crippen molar-refractivity contribution in [2.75, 3.05) is 7.11 Å². The van der Waals surface area contributed by atoms with Crippen LogP contribution in [0.1, 0.15) is 23.0 Å². The fourth-order valence-electron chi connectivity index (χ4n) is 1.72. The van der Waals surface area contributed by atoms with Gasteiger partial charge in [0, 0.05) is 5.56 Å². The summed E-state index contributed by atoms with van der Waals surface area (Å²) in [6.07, 6.45) is -0.859. The molecule has 1 aromatic heterocycles. The van der Waals surface area contributed by atoms with Crippen LogP contribution in [0.3, 0.4) is 0 Å². The SMILES string of the molecule is COc1ccc(C)cc1C(O)c1cc(Br)c(Br)o1. The molecule has 0 aliphatic heterocycles. The highest BCUT2D eigenvalue weighted by atomic mass is 79.9. The van der Waals surface area contributed by atoms with E-state index >= 15 is 0 Å². The number of methoxy groups -OCH3 is 1. The first-order valence-corrected chi connectivity index (χ1v) is 6.89. The van der Waals surface area contributed by atoms with Crippen LogP contribution in [-0.4, -0.2) is 12.2 Å². The summed E-state index contributed by atoms with van der Waals surface area (Å²) in [4.78, 5) is 0. The maximum absolute atomic E-state index is 10.4. The monoisotopic (exact) mass is 374 g/mol. The van der Waals surface area contributed by atoms with Gasteiger partial charge in [0.25, 0.3) is 0 Å². The molecule has 1 heterocycles. The van der Waals surface area contributed by atoms with E-state index in [4.69, 9.17) is 9.15 Å². The third-order valence-corrected chi connectivity index (χ3v) is 4.32. The highest BCUT2D eigenvalue weighted by molar-refractivity contribution is 9.13. The van der Waals surface area contributed by atoms with Crippen molar-refractivity contribution in [1.82, 2.24) is 0 Å². The molecule has 96 valence electrons. The largest absolute Gasteiger partial charge is 0.496 e. The molecule has 0 fully saturated rings. The number of aryl methyl sites for hydroxylation is 1. The number of benzene rings is 1. The maximum Gasteiger partial charge on any atom is 0.183 e. The van der Waals surface area contributed by atoms with Crippen LogP contribution in [0.25, 0.3) is 0 Å². The Morgan fingerprint density at radius 3 is 2.56 bits per heavy atom. The minimum absolute atomic E-state index is 0.456. The lowest BCUT2D eigenvalue weighted by molar-refractivity contribution is 0.183. The molecule has 0 aliphatic carbocycles. The Hall–Kier alpha value is -0.780. The van der Waals surface area contributed by atoms with Crippen molar-refractivity contribution in [2.45, 2.75) is 13.0 Å². The van der Waals surface area contributed by atoms with Crippen molar-refractivity contribution in [3.8, 4) is 5.75 Å². The van der Waals surface area contributed by atoms with Gasteiger partial charge >= 0.3 is 0 Å². The highest BCUT2D eigenvalue weighted by Gasteiger charge is 2.20. The number of aliphatic hydroxyl groups excluding tert-OH is 1. The molecule has 5 heteroatoms. The van der Waals surface area contributed by atoms with Crippen LogP contribution in [-0.2, 0) is 0 Å². The predicted molar refractivity (Wildman–Crippen MR) is 75.9 cm³/mol. The number of rotatable bonds is 3. The van der Waals surface area contributed by atoms with Gasteiger partial charge in [0.2, 0.25) is 0 Å². The molecule has 0 saturated carbocycles. The summed E-state index contributed by atoms with van der Waals surface area (Å²) in [7, 11) is 1.58. The molecule has 1 aromatic carbocycles. The van der Waals surface area contributed by atoms with E-state index in [9.17, 15) is 5.11 Å². The van der Waals surface area contributed by atoms with Crippen molar-refractivity contribution < 1.29 is 14.3 Å². The molecule has 2 rings (SSSR count).